The minimum Gasteiger partial charge on any atom is -0.493 e. The van der Waals surface area contributed by atoms with Gasteiger partial charge in [-0.05, 0) is 18.9 Å². The van der Waals surface area contributed by atoms with E-state index < -0.39 is 0 Å². The maximum Gasteiger partial charge on any atom is 0.150 e. The van der Waals surface area contributed by atoms with E-state index in [0.717, 1.165) is 38.9 Å². The molecule has 3 unspecified atom stereocenters. The average Bonchev–Trinajstić information content (AvgIpc) is 2.42. The summed E-state index contributed by atoms with van der Waals surface area (Å²) in [4.78, 5) is 0. The molecule has 4 heteroatoms. The quantitative estimate of drug-likeness (QED) is 0.573. The fraction of sp³-hybridized carbons (Fsp3) is 0.867. The van der Waals surface area contributed by atoms with Crippen LogP contribution in [0.1, 0.15) is 39.5 Å². The van der Waals surface area contributed by atoms with Gasteiger partial charge in [-0.25, -0.2) is 0 Å². The average molecular weight is 272 g/mol. The number of rotatable bonds is 10. The topological polar surface area (TPSA) is 36.9 Å². The second-order valence-corrected chi connectivity index (χ2v) is 4.84. The van der Waals surface area contributed by atoms with Crippen LogP contribution in [0.15, 0.2) is 12.3 Å². The van der Waals surface area contributed by atoms with Crippen LogP contribution in [0.5, 0.6) is 0 Å². The normalized spacial score (nSPS) is 26.4. The molecule has 0 bridgehead atoms. The molecule has 0 N–H and O–H groups in total. The molecular weight excluding hydrogens is 244 g/mol. The zero-order valence-electron chi connectivity index (χ0n) is 12.5. The standard InChI is InChI=1S/C15H28O4/c1-4-6-9-17-13-8-11-18-14(12-16-3)15(13)19-10-7-5-2/h8,11,13-15H,4-7,9-10,12H2,1-3H3. The van der Waals surface area contributed by atoms with Crippen LogP contribution >= 0.6 is 0 Å². The molecule has 0 aromatic carbocycles. The van der Waals surface area contributed by atoms with Crippen LogP contribution in [-0.2, 0) is 18.9 Å². The summed E-state index contributed by atoms with van der Waals surface area (Å²) in [5, 5.41) is 0. The van der Waals surface area contributed by atoms with Gasteiger partial charge in [-0.3, -0.25) is 0 Å². The third-order valence-corrected chi connectivity index (χ3v) is 3.16. The molecule has 0 aromatic heterocycles. The second kappa shape index (κ2) is 10.2. The predicted molar refractivity (Wildman–Crippen MR) is 75.2 cm³/mol. The molecular formula is C15H28O4. The van der Waals surface area contributed by atoms with E-state index >= 15 is 0 Å². The maximum absolute atomic E-state index is 5.95. The molecule has 0 saturated carbocycles. The van der Waals surface area contributed by atoms with Crippen LogP contribution in [-0.4, -0.2) is 45.2 Å². The molecule has 0 aromatic rings. The van der Waals surface area contributed by atoms with E-state index in [-0.39, 0.29) is 18.3 Å². The first-order chi connectivity index (χ1) is 9.33. The summed E-state index contributed by atoms with van der Waals surface area (Å²) >= 11 is 0. The van der Waals surface area contributed by atoms with E-state index in [4.69, 9.17) is 18.9 Å². The van der Waals surface area contributed by atoms with Crippen LogP contribution in [0.3, 0.4) is 0 Å². The van der Waals surface area contributed by atoms with Crippen molar-refractivity contribution in [3.05, 3.63) is 12.3 Å². The van der Waals surface area contributed by atoms with Gasteiger partial charge in [0.15, 0.2) is 0 Å². The Balaban J connectivity index is 2.51. The first kappa shape index (κ1) is 16.5. The molecule has 0 amide bonds. The molecule has 1 aliphatic heterocycles. The Morgan fingerprint density at radius 3 is 2.37 bits per heavy atom. The molecule has 4 nitrogen and oxygen atoms in total. The Labute approximate surface area is 117 Å². The van der Waals surface area contributed by atoms with Gasteiger partial charge in [0, 0.05) is 20.3 Å². The highest BCUT2D eigenvalue weighted by molar-refractivity contribution is 4.99. The zero-order valence-corrected chi connectivity index (χ0v) is 12.5. The lowest BCUT2D eigenvalue weighted by Crippen LogP contribution is -2.46. The number of ether oxygens (including phenoxy) is 4. The van der Waals surface area contributed by atoms with Gasteiger partial charge in [-0.1, -0.05) is 26.7 Å². The molecule has 1 aliphatic rings. The van der Waals surface area contributed by atoms with Gasteiger partial charge in [-0.15, -0.1) is 0 Å². The SMILES string of the molecule is CCCCOC1C=COC(COC)C1OCCCC. The van der Waals surface area contributed by atoms with Gasteiger partial charge in [0.2, 0.25) is 0 Å². The van der Waals surface area contributed by atoms with E-state index in [9.17, 15) is 0 Å². The van der Waals surface area contributed by atoms with Gasteiger partial charge < -0.3 is 18.9 Å². The highest BCUT2D eigenvalue weighted by Gasteiger charge is 2.33. The van der Waals surface area contributed by atoms with Crippen molar-refractivity contribution < 1.29 is 18.9 Å². The van der Waals surface area contributed by atoms with Gasteiger partial charge in [0.05, 0.1) is 12.9 Å². The van der Waals surface area contributed by atoms with Gasteiger partial charge >= 0.3 is 0 Å². The van der Waals surface area contributed by atoms with Crippen LogP contribution in [0, 0.1) is 0 Å². The van der Waals surface area contributed by atoms with Crippen molar-refractivity contribution in [3.63, 3.8) is 0 Å². The maximum atomic E-state index is 5.95. The van der Waals surface area contributed by atoms with E-state index in [0.29, 0.717) is 6.61 Å². The minimum atomic E-state index is -0.0847. The first-order valence-electron chi connectivity index (χ1n) is 7.37. The second-order valence-electron chi connectivity index (χ2n) is 4.84. The summed E-state index contributed by atoms with van der Waals surface area (Å²) in [6, 6.07) is 0. The van der Waals surface area contributed by atoms with E-state index in [1.54, 1.807) is 13.4 Å². The Morgan fingerprint density at radius 2 is 1.74 bits per heavy atom. The largest absolute Gasteiger partial charge is 0.493 e. The first-order valence-corrected chi connectivity index (χ1v) is 7.37. The summed E-state index contributed by atoms with van der Waals surface area (Å²) in [6.07, 6.45) is 7.85. The third kappa shape index (κ3) is 5.93. The number of hydrogen-bond donors (Lipinski definition) is 0. The lowest BCUT2D eigenvalue weighted by molar-refractivity contribution is -0.135. The fourth-order valence-electron chi connectivity index (χ4n) is 2.00. The monoisotopic (exact) mass is 272 g/mol. The number of methoxy groups -OCH3 is 1. The van der Waals surface area contributed by atoms with Crippen LogP contribution in [0.4, 0.5) is 0 Å². The molecule has 0 spiro atoms. The summed E-state index contributed by atoms with van der Waals surface area (Å²) in [6.45, 7) is 6.34. The highest BCUT2D eigenvalue weighted by atomic mass is 16.6. The Bertz CT molecular complexity index is 242. The summed E-state index contributed by atoms with van der Waals surface area (Å²) < 4.78 is 22.6. The minimum absolute atomic E-state index is 0.0303. The van der Waals surface area contributed by atoms with E-state index in [2.05, 4.69) is 13.8 Å². The van der Waals surface area contributed by atoms with Gasteiger partial charge in [0.25, 0.3) is 0 Å². The van der Waals surface area contributed by atoms with E-state index in [1.807, 2.05) is 6.08 Å². The van der Waals surface area contributed by atoms with Gasteiger partial charge in [0.1, 0.15) is 18.3 Å². The summed E-state index contributed by atoms with van der Waals surface area (Å²) in [5.74, 6) is 0. The lowest BCUT2D eigenvalue weighted by atomic mass is 10.1. The van der Waals surface area contributed by atoms with Crippen molar-refractivity contribution >= 4 is 0 Å². The Kier molecular flexibility index (Phi) is 8.88. The summed E-state index contributed by atoms with van der Waals surface area (Å²) in [7, 11) is 1.68. The molecule has 0 radical (unpaired) electrons. The van der Waals surface area contributed by atoms with Gasteiger partial charge in [-0.2, -0.15) is 0 Å². The Hall–Kier alpha value is -0.580. The fourth-order valence-corrected chi connectivity index (χ4v) is 2.00. The van der Waals surface area contributed by atoms with Crippen molar-refractivity contribution in [2.24, 2.45) is 0 Å². The molecule has 1 rings (SSSR count). The van der Waals surface area contributed by atoms with Crippen LogP contribution in [0.2, 0.25) is 0 Å². The predicted octanol–water partition coefficient (Wildman–Crippen LogP) is 2.92. The van der Waals surface area contributed by atoms with Crippen LogP contribution < -0.4 is 0 Å². The summed E-state index contributed by atoms with van der Waals surface area (Å²) in [5.41, 5.74) is 0. The van der Waals surface area contributed by atoms with E-state index in [1.165, 1.54) is 0 Å². The molecule has 0 aliphatic carbocycles. The highest BCUT2D eigenvalue weighted by Crippen LogP contribution is 2.20. The van der Waals surface area contributed by atoms with Crippen molar-refractivity contribution in [1.29, 1.82) is 0 Å². The zero-order chi connectivity index (χ0) is 13.9. The van der Waals surface area contributed by atoms with Crippen molar-refractivity contribution in [1.82, 2.24) is 0 Å². The molecule has 3 atom stereocenters. The third-order valence-electron chi connectivity index (χ3n) is 3.16. The molecule has 0 saturated heterocycles. The smallest absolute Gasteiger partial charge is 0.150 e. The lowest BCUT2D eigenvalue weighted by Gasteiger charge is -2.34. The molecule has 0 fully saturated rings. The Morgan fingerprint density at radius 1 is 1.05 bits per heavy atom. The molecule has 19 heavy (non-hydrogen) atoms. The number of hydrogen-bond acceptors (Lipinski definition) is 4. The van der Waals surface area contributed by atoms with Crippen molar-refractivity contribution in [2.75, 3.05) is 26.9 Å². The van der Waals surface area contributed by atoms with Crippen molar-refractivity contribution in [2.45, 2.75) is 57.8 Å². The van der Waals surface area contributed by atoms with Crippen molar-refractivity contribution in [3.8, 4) is 0 Å². The number of unbranched alkanes of at least 4 members (excludes halogenated alkanes) is 2. The molecule has 1 heterocycles. The van der Waals surface area contributed by atoms with Crippen LogP contribution in [0.25, 0.3) is 0 Å². The molecule has 112 valence electrons.